The van der Waals surface area contributed by atoms with Crippen LogP contribution < -0.4 is 0 Å². The minimum absolute atomic E-state index is 0.223. The predicted molar refractivity (Wildman–Crippen MR) is 316 cm³/mol. The van der Waals surface area contributed by atoms with Gasteiger partial charge in [0.25, 0.3) is 8.53 Å². The molecule has 0 aliphatic rings. The zero-order valence-corrected chi connectivity index (χ0v) is 50.4. The fourth-order valence-electron chi connectivity index (χ4n) is 11.2. The van der Waals surface area contributed by atoms with Gasteiger partial charge in [0.1, 0.15) is 0 Å². The molecule has 0 aliphatic carbocycles. The highest BCUT2D eigenvalue weighted by Crippen LogP contribution is 2.49. The van der Waals surface area contributed by atoms with Gasteiger partial charge in [0.15, 0.2) is 0 Å². The van der Waals surface area contributed by atoms with Gasteiger partial charge >= 0.3 is 0 Å². The van der Waals surface area contributed by atoms with Crippen molar-refractivity contribution in [1.29, 1.82) is 5.26 Å². The van der Waals surface area contributed by atoms with Crippen LogP contribution in [-0.4, -0.2) is 30.0 Å². The minimum Gasteiger partial charge on any atom is -0.321 e. The Morgan fingerprint density at radius 3 is 0.757 bits per heavy atom. The van der Waals surface area contributed by atoms with Gasteiger partial charge in [-0.3, -0.25) is 0 Å². The van der Waals surface area contributed by atoms with Crippen LogP contribution in [0, 0.1) is 16.7 Å². The van der Waals surface area contributed by atoms with Gasteiger partial charge in [-0.05, 0) is 52.4 Å². The summed E-state index contributed by atoms with van der Waals surface area (Å²) in [6, 6.07) is 3.00. The van der Waals surface area contributed by atoms with Crippen LogP contribution in [0.15, 0.2) is 0 Å². The van der Waals surface area contributed by atoms with E-state index in [4.69, 9.17) is 9.05 Å². The molecule has 0 aromatic heterocycles. The molecule has 70 heavy (non-hydrogen) atoms. The van der Waals surface area contributed by atoms with E-state index in [-0.39, 0.29) is 5.41 Å². The van der Waals surface area contributed by atoms with Gasteiger partial charge in [-0.1, -0.05) is 329 Å². The number of nitriles is 1. The molecule has 0 spiro atoms. The van der Waals surface area contributed by atoms with E-state index < -0.39 is 8.53 Å². The van der Waals surface area contributed by atoms with Gasteiger partial charge in [0.05, 0.1) is 25.7 Å². The van der Waals surface area contributed by atoms with Crippen molar-refractivity contribution in [2.75, 3.05) is 13.2 Å². The van der Waals surface area contributed by atoms with E-state index in [9.17, 15) is 5.26 Å². The van der Waals surface area contributed by atoms with E-state index in [2.05, 4.69) is 59.2 Å². The molecule has 0 aromatic carbocycles. The topological polar surface area (TPSA) is 45.5 Å². The lowest BCUT2D eigenvalue weighted by Gasteiger charge is -2.40. The molecule has 0 amide bonds. The third-order valence-corrected chi connectivity index (χ3v) is 17.9. The Bertz CT molecular complexity index is 933. The second-order valence-electron chi connectivity index (χ2n) is 23.5. The normalized spacial score (nSPS) is 12.6. The van der Waals surface area contributed by atoms with Crippen LogP contribution in [0.2, 0.25) is 0 Å². The monoisotopic (exact) mass is 1000 g/mol. The van der Waals surface area contributed by atoms with Gasteiger partial charge in [-0.15, -0.1) is 0 Å². The van der Waals surface area contributed by atoms with E-state index in [1.165, 1.54) is 327 Å². The minimum atomic E-state index is -1.21. The molecular formula is C65H131N2O2P. The van der Waals surface area contributed by atoms with Crippen molar-refractivity contribution in [1.82, 2.24) is 4.67 Å². The molecular weight excluding hydrogens is 872 g/mol. The van der Waals surface area contributed by atoms with Crippen LogP contribution in [0.1, 0.15) is 382 Å². The quantitative estimate of drug-likeness (QED) is 0.0450. The third kappa shape index (κ3) is 47.5. The summed E-state index contributed by atoms with van der Waals surface area (Å²) >= 11 is 0. The molecule has 0 aromatic rings. The number of hydrogen-bond donors (Lipinski definition) is 0. The van der Waals surface area contributed by atoms with Crippen molar-refractivity contribution in [3.05, 3.63) is 0 Å². The maximum absolute atomic E-state index is 9.42. The Morgan fingerprint density at radius 2 is 0.557 bits per heavy atom. The van der Waals surface area contributed by atoms with Crippen LogP contribution in [0.25, 0.3) is 0 Å². The van der Waals surface area contributed by atoms with Crippen LogP contribution in [0.3, 0.4) is 0 Å². The fourth-order valence-corrected chi connectivity index (χ4v) is 13.0. The SMILES string of the molecule is CCCCCCCCCCCCCCCCCCC(CCCCCCCCCCCCCCCCCC)(CCCCCCCCCCCCCCCCCC)COP(OCCC#N)N(C(C)C)C(C)C. The Balaban J connectivity index is 5.36. The molecule has 4 nitrogen and oxygen atoms in total. The van der Waals surface area contributed by atoms with E-state index in [1.54, 1.807) is 0 Å². The molecule has 0 N–H and O–H groups in total. The molecule has 5 heteroatoms. The second-order valence-corrected chi connectivity index (χ2v) is 24.9. The maximum atomic E-state index is 9.42. The van der Waals surface area contributed by atoms with Crippen molar-refractivity contribution in [3.63, 3.8) is 0 Å². The number of nitrogens with zero attached hydrogens (tertiary/aromatic N) is 2. The molecule has 1 unspecified atom stereocenters. The first kappa shape index (κ1) is 69.8. The molecule has 0 saturated carbocycles. The maximum Gasteiger partial charge on any atom is 0.259 e. The van der Waals surface area contributed by atoms with Crippen molar-refractivity contribution in [2.45, 2.75) is 394 Å². The third-order valence-electron chi connectivity index (χ3n) is 15.8. The predicted octanol–water partition coefficient (Wildman–Crippen LogP) is 24.2. The fraction of sp³-hybridized carbons (Fsp3) is 0.985. The van der Waals surface area contributed by atoms with Crippen LogP contribution in [-0.2, 0) is 9.05 Å². The van der Waals surface area contributed by atoms with Crippen molar-refractivity contribution < 1.29 is 9.05 Å². The summed E-state index contributed by atoms with van der Waals surface area (Å²) in [5, 5.41) is 9.42. The highest BCUT2D eigenvalue weighted by Gasteiger charge is 2.34. The van der Waals surface area contributed by atoms with Crippen LogP contribution in [0.4, 0.5) is 0 Å². The Morgan fingerprint density at radius 1 is 0.343 bits per heavy atom. The highest BCUT2D eigenvalue weighted by atomic mass is 31.2. The second kappa shape index (κ2) is 56.5. The highest BCUT2D eigenvalue weighted by molar-refractivity contribution is 7.44. The summed E-state index contributed by atoms with van der Waals surface area (Å²) < 4.78 is 16.1. The number of hydrogen-bond acceptors (Lipinski definition) is 4. The average molecular weight is 1000 g/mol. The Kier molecular flexibility index (Phi) is 56.4. The summed E-state index contributed by atoms with van der Waals surface area (Å²) in [6.45, 7) is 17.3. The van der Waals surface area contributed by atoms with Gasteiger partial charge in [-0.2, -0.15) is 5.26 Å². The van der Waals surface area contributed by atoms with Crippen molar-refractivity contribution in [3.8, 4) is 6.07 Å². The zero-order valence-electron chi connectivity index (χ0n) is 49.5. The molecule has 0 radical (unpaired) electrons. The number of rotatable bonds is 60. The lowest BCUT2D eigenvalue weighted by Crippen LogP contribution is -2.35. The molecule has 0 fully saturated rings. The average Bonchev–Trinajstić information content (AvgIpc) is 3.34. The first-order chi connectivity index (χ1) is 34.4. The first-order valence-corrected chi connectivity index (χ1v) is 33.7. The van der Waals surface area contributed by atoms with E-state index in [1.807, 2.05) is 0 Å². The summed E-state index contributed by atoms with van der Waals surface area (Å²) in [4.78, 5) is 0. The largest absolute Gasteiger partial charge is 0.321 e. The summed E-state index contributed by atoms with van der Waals surface area (Å²) in [6.07, 6.45) is 72.6. The van der Waals surface area contributed by atoms with Crippen molar-refractivity contribution in [2.24, 2.45) is 5.41 Å². The molecule has 0 heterocycles. The molecule has 0 saturated heterocycles. The van der Waals surface area contributed by atoms with Gasteiger partial charge < -0.3 is 9.05 Å². The lowest BCUT2D eigenvalue weighted by molar-refractivity contribution is 0.0796. The van der Waals surface area contributed by atoms with Crippen LogP contribution in [0.5, 0.6) is 0 Å². The van der Waals surface area contributed by atoms with Gasteiger partial charge in [0.2, 0.25) is 0 Å². The molecule has 0 bridgehead atoms. The smallest absolute Gasteiger partial charge is 0.259 e. The standard InChI is InChI=1S/C65H131N2O2P/c1-8-11-14-17-20-23-26-29-32-35-38-41-44-47-50-53-57-65(62-69-70(68-61-56-60-66)67(63(4)5)64(6)7,58-54-51-48-45-42-39-36-33-30-27-24-21-18-15-12-9-2)59-55-52-49-46-43-40-37-34-31-28-25-22-19-16-13-10-3/h63-64H,8-59,61-62H2,1-7H3. The van der Waals surface area contributed by atoms with Gasteiger partial charge in [-0.25, -0.2) is 4.67 Å². The number of unbranched alkanes of at least 4 members (excludes halogenated alkanes) is 45. The van der Waals surface area contributed by atoms with E-state index >= 15 is 0 Å². The van der Waals surface area contributed by atoms with Crippen molar-refractivity contribution >= 4 is 8.53 Å². The molecule has 0 rings (SSSR count). The Labute approximate surface area is 444 Å². The zero-order chi connectivity index (χ0) is 51.1. The van der Waals surface area contributed by atoms with Gasteiger partial charge in [0, 0.05) is 12.1 Å². The summed E-state index contributed by atoms with van der Waals surface area (Å²) in [5.74, 6) is 0. The summed E-state index contributed by atoms with van der Waals surface area (Å²) in [5.41, 5.74) is 0.223. The Hall–Kier alpha value is -0.200. The summed E-state index contributed by atoms with van der Waals surface area (Å²) in [7, 11) is -1.21. The lowest BCUT2D eigenvalue weighted by atomic mass is 9.74. The molecule has 418 valence electrons. The van der Waals surface area contributed by atoms with E-state index in [0.717, 1.165) is 6.61 Å². The molecule has 0 aliphatic heterocycles. The van der Waals surface area contributed by atoms with Crippen LogP contribution >= 0.6 is 8.53 Å². The molecule has 1 atom stereocenters. The van der Waals surface area contributed by atoms with E-state index in [0.29, 0.717) is 25.1 Å². The first-order valence-electron chi connectivity index (χ1n) is 32.6.